The van der Waals surface area contributed by atoms with E-state index in [1.54, 1.807) is 24.3 Å². The van der Waals surface area contributed by atoms with Gasteiger partial charge in [-0.15, -0.1) is 0 Å². The highest BCUT2D eigenvalue weighted by molar-refractivity contribution is 6.34. The number of halogens is 1. The highest BCUT2D eigenvalue weighted by atomic mass is 35.5. The molecule has 126 valence electrons. The molecule has 1 aliphatic rings. The standard InChI is InChI=1S/C18H19ClN2O3/c1-3-23-17-7-11-6-10(2)24-16(11)9-15(17)21-18(22)13-5-4-12(20)8-14(13)19/h4-5,7-10H,3,6,20H2,1-2H3,(H,21,22). The van der Waals surface area contributed by atoms with E-state index in [0.717, 1.165) is 17.7 Å². The summed E-state index contributed by atoms with van der Waals surface area (Å²) in [6.45, 7) is 4.41. The molecule has 0 saturated carbocycles. The Labute approximate surface area is 145 Å². The maximum atomic E-state index is 12.5. The number of benzene rings is 2. The molecule has 0 radical (unpaired) electrons. The number of nitrogens with two attached hydrogens (primary N) is 1. The van der Waals surface area contributed by atoms with Gasteiger partial charge in [-0.1, -0.05) is 11.6 Å². The third-order valence-corrected chi connectivity index (χ3v) is 4.10. The van der Waals surface area contributed by atoms with Crippen LogP contribution in [0.15, 0.2) is 30.3 Å². The van der Waals surface area contributed by atoms with Crippen LogP contribution in [0.3, 0.4) is 0 Å². The molecule has 0 saturated heterocycles. The number of amides is 1. The first-order valence-electron chi connectivity index (χ1n) is 7.80. The van der Waals surface area contributed by atoms with E-state index in [0.29, 0.717) is 34.3 Å². The lowest BCUT2D eigenvalue weighted by Crippen LogP contribution is -2.14. The monoisotopic (exact) mass is 346 g/mol. The van der Waals surface area contributed by atoms with E-state index in [1.165, 1.54) is 0 Å². The van der Waals surface area contributed by atoms with Gasteiger partial charge in [-0.3, -0.25) is 4.79 Å². The van der Waals surface area contributed by atoms with Crippen molar-refractivity contribution in [3.8, 4) is 11.5 Å². The fourth-order valence-corrected chi connectivity index (χ4v) is 2.99. The van der Waals surface area contributed by atoms with Gasteiger partial charge in [0.25, 0.3) is 5.91 Å². The van der Waals surface area contributed by atoms with Gasteiger partial charge in [0.05, 0.1) is 22.9 Å². The van der Waals surface area contributed by atoms with Crippen LogP contribution >= 0.6 is 11.6 Å². The third-order valence-electron chi connectivity index (χ3n) is 3.78. The number of fused-ring (bicyclic) bond motifs is 1. The van der Waals surface area contributed by atoms with Crippen LogP contribution in [0, 0.1) is 0 Å². The Bertz CT molecular complexity index is 792. The van der Waals surface area contributed by atoms with Crippen molar-refractivity contribution in [2.45, 2.75) is 26.4 Å². The van der Waals surface area contributed by atoms with Gasteiger partial charge in [0.1, 0.15) is 17.6 Å². The van der Waals surface area contributed by atoms with Gasteiger partial charge >= 0.3 is 0 Å². The number of hydrogen-bond donors (Lipinski definition) is 2. The minimum absolute atomic E-state index is 0.118. The predicted octanol–water partition coefficient (Wildman–Crippen LogP) is 3.90. The lowest BCUT2D eigenvalue weighted by molar-refractivity contribution is 0.102. The molecule has 0 fully saturated rings. The third kappa shape index (κ3) is 3.26. The maximum absolute atomic E-state index is 12.5. The van der Waals surface area contributed by atoms with E-state index in [1.807, 2.05) is 19.9 Å². The highest BCUT2D eigenvalue weighted by Crippen LogP contribution is 2.38. The summed E-state index contributed by atoms with van der Waals surface area (Å²) in [7, 11) is 0. The van der Waals surface area contributed by atoms with Gasteiger partial charge in [-0.2, -0.15) is 0 Å². The summed E-state index contributed by atoms with van der Waals surface area (Å²) in [6, 6.07) is 8.50. The van der Waals surface area contributed by atoms with Crippen LogP contribution in [0.25, 0.3) is 0 Å². The summed E-state index contributed by atoms with van der Waals surface area (Å²) < 4.78 is 11.4. The van der Waals surface area contributed by atoms with E-state index < -0.39 is 0 Å². The second kappa shape index (κ2) is 6.61. The second-order valence-corrected chi connectivity index (χ2v) is 6.12. The Balaban J connectivity index is 1.91. The maximum Gasteiger partial charge on any atom is 0.257 e. The van der Waals surface area contributed by atoms with Crippen LogP contribution < -0.4 is 20.5 Å². The summed E-state index contributed by atoms with van der Waals surface area (Å²) in [5, 5.41) is 3.15. The highest BCUT2D eigenvalue weighted by Gasteiger charge is 2.23. The SMILES string of the molecule is CCOc1cc2c(cc1NC(=O)c1ccc(N)cc1Cl)OC(C)C2. The van der Waals surface area contributed by atoms with Crippen LogP contribution in [-0.2, 0) is 6.42 Å². The molecule has 5 nitrogen and oxygen atoms in total. The summed E-state index contributed by atoms with van der Waals surface area (Å²) in [5.74, 6) is 1.06. The van der Waals surface area contributed by atoms with E-state index in [4.69, 9.17) is 26.8 Å². The first-order valence-corrected chi connectivity index (χ1v) is 8.18. The van der Waals surface area contributed by atoms with E-state index in [2.05, 4.69) is 5.32 Å². The zero-order chi connectivity index (χ0) is 17.3. The van der Waals surface area contributed by atoms with Crippen molar-refractivity contribution >= 4 is 28.9 Å². The molecule has 1 unspecified atom stereocenters. The minimum Gasteiger partial charge on any atom is -0.492 e. The zero-order valence-electron chi connectivity index (χ0n) is 13.6. The molecule has 1 aliphatic heterocycles. The summed E-state index contributed by atoms with van der Waals surface area (Å²) in [5.41, 5.74) is 8.16. The van der Waals surface area contributed by atoms with Crippen LogP contribution in [0.5, 0.6) is 11.5 Å². The molecule has 3 rings (SSSR count). The van der Waals surface area contributed by atoms with E-state index >= 15 is 0 Å². The number of rotatable bonds is 4. The first-order chi connectivity index (χ1) is 11.5. The molecule has 1 atom stereocenters. The average molecular weight is 347 g/mol. The summed E-state index contributed by atoms with van der Waals surface area (Å²) in [6.07, 6.45) is 0.944. The summed E-state index contributed by atoms with van der Waals surface area (Å²) in [4.78, 5) is 12.5. The number of hydrogen-bond acceptors (Lipinski definition) is 4. The number of nitrogens with one attached hydrogen (secondary N) is 1. The molecule has 3 N–H and O–H groups in total. The Hall–Kier alpha value is -2.40. The van der Waals surface area contributed by atoms with Crippen molar-refractivity contribution < 1.29 is 14.3 Å². The molecule has 24 heavy (non-hydrogen) atoms. The van der Waals surface area contributed by atoms with E-state index in [-0.39, 0.29) is 12.0 Å². The largest absolute Gasteiger partial charge is 0.492 e. The van der Waals surface area contributed by atoms with Crippen LogP contribution in [0.2, 0.25) is 5.02 Å². The van der Waals surface area contributed by atoms with Crippen molar-refractivity contribution in [3.63, 3.8) is 0 Å². The average Bonchev–Trinajstić information content (AvgIpc) is 2.86. The number of nitrogen functional groups attached to an aromatic ring is 1. The molecule has 2 aromatic carbocycles. The Kier molecular flexibility index (Phi) is 4.53. The van der Waals surface area contributed by atoms with Crippen LogP contribution in [0.1, 0.15) is 29.8 Å². The molecule has 6 heteroatoms. The summed E-state index contributed by atoms with van der Waals surface area (Å²) >= 11 is 6.11. The topological polar surface area (TPSA) is 73.6 Å². The van der Waals surface area contributed by atoms with Crippen LogP contribution in [-0.4, -0.2) is 18.6 Å². The molecule has 2 aromatic rings. The Morgan fingerprint density at radius 2 is 2.21 bits per heavy atom. The van der Waals surface area contributed by atoms with E-state index in [9.17, 15) is 4.79 Å². The lowest BCUT2D eigenvalue weighted by atomic mass is 10.1. The van der Waals surface area contributed by atoms with Gasteiger partial charge in [0, 0.05) is 23.7 Å². The smallest absolute Gasteiger partial charge is 0.257 e. The Morgan fingerprint density at radius 3 is 2.92 bits per heavy atom. The number of carbonyl (C=O) groups excluding carboxylic acids is 1. The second-order valence-electron chi connectivity index (χ2n) is 5.72. The molecular weight excluding hydrogens is 328 g/mol. The number of carbonyl (C=O) groups is 1. The molecular formula is C18H19ClN2O3. The van der Waals surface area contributed by atoms with Crippen molar-refractivity contribution in [3.05, 3.63) is 46.5 Å². The molecule has 0 spiro atoms. The van der Waals surface area contributed by atoms with Crippen LogP contribution in [0.4, 0.5) is 11.4 Å². The minimum atomic E-state index is -0.327. The van der Waals surface area contributed by atoms with Gasteiger partial charge in [0.15, 0.2) is 0 Å². The van der Waals surface area contributed by atoms with Crippen molar-refractivity contribution in [2.24, 2.45) is 0 Å². The Morgan fingerprint density at radius 1 is 1.42 bits per heavy atom. The quantitative estimate of drug-likeness (QED) is 0.823. The van der Waals surface area contributed by atoms with Crippen molar-refractivity contribution in [1.82, 2.24) is 0 Å². The van der Waals surface area contributed by atoms with Crippen molar-refractivity contribution in [2.75, 3.05) is 17.7 Å². The number of ether oxygens (including phenoxy) is 2. The molecule has 0 aromatic heterocycles. The first kappa shape index (κ1) is 16.5. The lowest BCUT2D eigenvalue weighted by Gasteiger charge is -2.14. The molecule has 0 aliphatic carbocycles. The molecule has 1 heterocycles. The molecule has 0 bridgehead atoms. The van der Waals surface area contributed by atoms with Gasteiger partial charge < -0.3 is 20.5 Å². The predicted molar refractivity (Wildman–Crippen MR) is 95.2 cm³/mol. The number of anilines is 2. The molecule has 1 amide bonds. The van der Waals surface area contributed by atoms with Gasteiger partial charge in [-0.25, -0.2) is 0 Å². The fraction of sp³-hybridized carbons (Fsp3) is 0.278. The fourth-order valence-electron chi connectivity index (χ4n) is 2.72. The van der Waals surface area contributed by atoms with Gasteiger partial charge in [-0.05, 0) is 38.1 Å². The van der Waals surface area contributed by atoms with Gasteiger partial charge in [0.2, 0.25) is 0 Å². The van der Waals surface area contributed by atoms with Crippen molar-refractivity contribution in [1.29, 1.82) is 0 Å². The zero-order valence-corrected chi connectivity index (χ0v) is 14.3. The normalized spacial score (nSPS) is 15.5.